The summed E-state index contributed by atoms with van der Waals surface area (Å²) >= 11 is -2.61. The fourth-order valence-corrected chi connectivity index (χ4v) is 0.453. The van der Waals surface area contributed by atoms with E-state index in [1.807, 2.05) is 6.79 Å². The van der Waals surface area contributed by atoms with Crippen LogP contribution in [-0.4, -0.2) is 30.3 Å². The van der Waals surface area contributed by atoms with Gasteiger partial charge in [0.2, 0.25) is 0 Å². The van der Waals surface area contributed by atoms with Crippen molar-refractivity contribution in [1.82, 2.24) is 0 Å². The largest absolute Gasteiger partial charge is 1.00 e. The van der Waals surface area contributed by atoms with Gasteiger partial charge in [0.25, 0.3) is 11.4 Å². The third-order valence-electron chi connectivity index (χ3n) is 0.850. The molecule has 0 unspecified atom stereocenters. The van der Waals surface area contributed by atoms with Gasteiger partial charge in [0.15, 0.2) is 0 Å². The summed E-state index contributed by atoms with van der Waals surface area (Å²) in [5.41, 5.74) is 0. The maximum atomic E-state index is 8.67. The molecule has 0 saturated heterocycles. The second-order valence-electron chi connectivity index (χ2n) is 1.75. The minimum atomic E-state index is -2.61. The summed E-state index contributed by atoms with van der Waals surface area (Å²) in [7, 11) is 0. The van der Waals surface area contributed by atoms with E-state index in [4.69, 9.17) is 28.3 Å². The van der Waals surface area contributed by atoms with Gasteiger partial charge in [-0.05, 0) is 24.3 Å². The van der Waals surface area contributed by atoms with Gasteiger partial charge in [-0.1, -0.05) is 0 Å². The van der Waals surface area contributed by atoms with Gasteiger partial charge in [0.1, 0.15) is 18.3 Å². The zero-order valence-corrected chi connectivity index (χ0v) is 10.8. The first-order valence-corrected chi connectivity index (χ1v) is 4.15. The fourth-order valence-electron chi connectivity index (χ4n) is 0.453. The summed E-state index contributed by atoms with van der Waals surface area (Å²) in [6.45, 7) is 2.00. The number of phenols is 2. The molecule has 4 N–H and O–H groups in total. The van der Waals surface area contributed by atoms with Crippen LogP contribution in [0.15, 0.2) is 24.3 Å². The zero-order valence-electron chi connectivity index (χ0n) is 9.03. The molecule has 0 amide bonds. The van der Waals surface area contributed by atoms with Crippen molar-refractivity contribution >= 4 is 18.2 Å². The van der Waals surface area contributed by atoms with Crippen LogP contribution in [0, 0.1) is 0 Å². The van der Waals surface area contributed by atoms with E-state index < -0.39 is 11.4 Å². The third kappa shape index (κ3) is 19.8. The van der Waals surface area contributed by atoms with Gasteiger partial charge >= 0.3 is 29.6 Å². The monoisotopic (exact) mass is 246 g/mol. The van der Waals surface area contributed by atoms with Crippen LogP contribution in [0.25, 0.3) is 0 Å². The zero-order chi connectivity index (χ0) is 11.6. The van der Waals surface area contributed by atoms with Crippen molar-refractivity contribution in [2.24, 2.45) is 0 Å². The van der Waals surface area contributed by atoms with Crippen molar-refractivity contribution in [1.29, 1.82) is 0 Å². The number of phenolic OH excluding ortho intramolecular Hbond substituents is 2. The van der Waals surface area contributed by atoms with Crippen molar-refractivity contribution < 1.29 is 59.3 Å². The molecule has 0 radical (unpaired) electrons. The topological polar surface area (TPSA) is 115 Å². The van der Waals surface area contributed by atoms with Crippen LogP contribution in [0.2, 0.25) is 0 Å². The molecule has 0 aliphatic carbocycles. The van der Waals surface area contributed by atoms with Gasteiger partial charge in [0.05, 0.1) is 0 Å². The molecule has 0 spiro atoms. The van der Waals surface area contributed by atoms with E-state index in [0.717, 1.165) is 0 Å². The van der Waals surface area contributed by atoms with Crippen molar-refractivity contribution in [2.75, 3.05) is 0 Å². The van der Waals surface area contributed by atoms with E-state index in [0.29, 0.717) is 0 Å². The standard InChI is InChI=1S/C6H6O2.CH2O.Na.H2O3S.H/c7-5-1-2-6(8)4-3-5;1-2;;1-4(2)3;/h1-4,7-8H;1H2;;(H2,1,2,3);/q;;+1;;-1. The second-order valence-corrected chi connectivity index (χ2v) is 2.21. The Balaban J connectivity index is -0.0000000793. The first-order chi connectivity index (χ1) is 6.52. The molecule has 1 aromatic rings. The van der Waals surface area contributed by atoms with Gasteiger partial charge in [-0.2, -0.15) is 4.21 Å². The summed E-state index contributed by atoms with van der Waals surface area (Å²) in [6, 6.07) is 5.70. The number of carbonyl (C=O) groups is 1. The molecule has 8 heteroatoms. The molecule has 0 heterocycles. The van der Waals surface area contributed by atoms with Crippen molar-refractivity contribution in [3.63, 3.8) is 0 Å². The maximum absolute atomic E-state index is 8.67. The molecule has 0 aromatic heterocycles. The first kappa shape index (κ1) is 20.0. The SMILES string of the molecule is C=O.O=S(O)O.Oc1ccc(O)cc1.[H-].[Na+]. The van der Waals surface area contributed by atoms with E-state index in [2.05, 4.69) is 0 Å². The minimum Gasteiger partial charge on any atom is -1.00 e. The van der Waals surface area contributed by atoms with Crippen molar-refractivity contribution in [3.05, 3.63) is 24.3 Å². The predicted molar refractivity (Wildman–Crippen MR) is 51.4 cm³/mol. The summed E-state index contributed by atoms with van der Waals surface area (Å²) in [5, 5.41) is 17.3. The summed E-state index contributed by atoms with van der Waals surface area (Å²) in [5.74, 6) is 0.339. The number of rotatable bonds is 0. The molecule has 0 aliphatic heterocycles. The van der Waals surface area contributed by atoms with Crippen LogP contribution in [-0.2, 0) is 16.2 Å². The van der Waals surface area contributed by atoms with Gasteiger partial charge in [-0.3, -0.25) is 9.11 Å². The van der Waals surface area contributed by atoms with Gasteiger partial charge in [0, 0.05) is 0 Å². The maximum Gasteiger partial charge on any atom is 1.00 e. The Morgan fingerprint density at radius 2 is 1.13 bits per heavy atom. The molecule has 1 rings (SSSR count). The summed E-state index contributed by atoms with van der Waals surface area (Å²) < 4.78 is 22.8. The Kier molecular flexibility index (Phi) is 18.1. The van der Waals surface area contributed by atoms with Crippen LogP contribution in [0.5, 0.6) is 11.5 Å². The molecule has 0 aliphatic rings. The van der Waals surface area contributed by atoms with E-state index in [1.54, 1.807) is 0 Å². The molecule has 0 fully saturated rings. The minimum absolute atomic E-state index is 0. The molecule has 15 heavy (non-hydrogen) atoms. The van der Waals surface area contributed by atoms with Crippen LogP contribution in [0.1, 0.15) is 1.43 Å². The molecular formula is C7H11NaO6S. The van der Waals surface area contributed by atoms with Crippen LogP contribution in [0.4, 0.5) is 0 Å². The number of hydrogen-bond donors (Lipinski definition) is 4. The van der Waals surface area contributed by atoms with E-state index in [9.17, 15) is 0 Å². The van der Waals surface area contributed by atoms with Crippen molar-refractivity contribution in [2.45, 2.75) is 0 Å². The van der Waals surface area contributed by atoms with Crippen LogP contribution < -0.4 is 29.6 Å². The Hall–Kier alpha value is -0.440. The second kappa shape index (κ2) is 13.6. The number of hydrogen-bond acceptors (Lipinski definition) is 4. The molecule has 6 nitrogen and oxygen atoms in total. The Morgan fingerprint density at radius 3 is 1.27 bits per heavy atom. The average molecular weight is 246 g/mol. The molecule has 82 valence electrons. The first-order valence-electron chi connectivity index (χ1n) is 3.09. The van der Waals surface area contributed by atoms with Gasteiger partial charge < -0.3 is 16.4 Å². The van der Waals surface area contributed by atoms with Gasteiger partial charge in [-0.25, -0.2) is 0 Å². The molecule has 1 aromatic carbocycles. The molecule has 0 atom stereocenters. The Bertz CT molecular complexity index is 245. The van der Waals surface area contributed by atoms with Crippen molar-refractivity contribution in [3.8, 4) is 11.5 Å². The van der Waals surface area contributed by atoms with E-state index in [-0.39, 0.29) is 42.5 Å². The summed E-state index contributed by atoms with van der Waals surface area (Å²) in [6.07, 6.45) is 0. The fraction of sp³-hybridized carbons (Fsp3) is 0. The van der Waals surface area contributed by atoms with E-state index in [1.165, 1.54) is 24.3 Å². The molecule has 0 bridgehead atoms. The molecule has 0 saturated carbocycles. The predicted octanol–water partition coefficient (Wildman–Crippen LogP) is -2.29. The number of benzene rings is 1. The number of carbonyl (C=O) groups excluding carboxylic acids is 1. The summed E-state index contributed by atoms with van der Waals surface area (Å²) in [4.78, 5) is 8.00. The normalized spacial score (nSPS) is 7.40. The molecular weight excluding hydrogens is 235 g/mol. The van der Waals surface area contributed by atoms with Gasteiger partial charge in [-0.15, -0.1) is 0 Å². The average Bonchev–Trinajstić information content (AvgIpc) is 2.13. The van der Waals surface area contributed by atoms with Crippen LogP contribution >= 0.6 is 0 Å². The quantitative estimate of drug-likeness (QED) is 0.233. The smallest absolute Gasteiger partial charge is 1.00 e. The number of aromatic hydroxyl groups is 2. The Labute approximate surface area is 113 Å². The van der Waals surface area contributed by atoms with E-state index >= 15 is 0 Å². The third-order valence-corrected chi connectivity index (χ3v) is 0.850. The van der Waals surface area contributed by atoms with Crippen LogP contribution in [0.3, 0.4) is 0 Å². The Morgan fingerprint density at radius 1 is 1.00 bits per heavy atom.